The van der Waals surface area contributed by atoms with Crippen LogP contribution in [0.5, 0.6) is 0 Å². The zero-order valence-corrected chi connectivity index (χ0v) is 21.6. The van der Waals surface area contributed by atoms with Gasteiger partial charge < -0.3 is 24.1 Å². The van der Waals surface area contributed by atoms with Crippen molar-refractivity contribution in [3.63, 3.8) is 0 Å². The van der Waals surface area contributed by atoms with Gasteiger partial charge in [-0.1, -0.05) is 16.8 Å². The molecular weight excluding hydrogens is 525 g/mol. The van der Waals surface area contributed by atoms with E-state index in [9.17, 15) is 14.3 Å². The van der Waals surface area contributed by atoms with Crippen LogP contribution in [0.25, 0.3) is 11.2 Å². The number of aliphatic hydroxyl groups excluding tert-OH is 1. The summed E-state index contributed by atoms with van der Waals surface area (Å²) in [6.45, 7) is 1.11. The average molecular weight is 550 g/mol. The van der Waals surface area contributed by atoms with Crippen molar-refractivity contribution in [1.29, 1.82) is 0 Å². The summed E-state index contributed by atoms with van der Waals surface area (Å²) in [4.78, 5) is 23.8. The lowest BCUT2D eigenvalue weighted by molar-refractivity contribution is 0.0945. The number of anilines is 1. The van der Waals surface area contributed by atoms with E-state index in [2.05, 4.69) is 32.9 Å². The summed E-state index contributed by atoms with van der Waals surface area (Å²) in [5.41, 5.74) is 4.43. The third-order valence-electron chi connectivity index (χ3n) is 7.36. The molecule has 2 fully saturated rings. The van der Waals surface area contributed by atoms with Gasteiger partial charge in [0.2, 0.25) is 0 Å². The minimum absolute atomic E-state index is 0.000344. The first-order valence-electron chi connectivity index (χ1n) is 12.9. The SMILES string of the molecule is O=C(NCc1ncn2ccc(Cl)c(F)c12)c1cn(Cc2cn3cc(C4CC4)cc(N4CCCC4O)c3n2)nn1. The number of amides is 1. The summed E-state index contributed by atoms with van der Waals surface area (Å²) in [7, 11) is 0. The largest absolute Gasteiger partial charge is 0.374 e. The minimum Gasteiger partial charge on any atom is -0.374 e. The van der Waals surface area contributed by atoms with Gasteiger partial charge in [0, 0.05) is 25.1 Å². The first-order chi connectivity index (χ1) is 18.9. The van der Waals surface area contributed by atoms with Gasteiger partial charge in [-0.2, -0.15) is 0 Å². The second-order valence-corrected chi connectivity index (χ2v) is 10.5. The molecule has 0 aromatic carbocycles. The van der Waals surface area contributed by atoms with E-state index >= 15 is 0 Å². The third-order valence-corrected chi connectivity index (χ3v) is 7.65. The molecule has 200 valence electrons. The van der Waals surface area contributed by atoms with Crippen LogP contribution in [-0.2, 0) is 13.1 Å². The second kappa shape index (κ2) is 9.31. The van der Waals surface area contributed by atoms with Gasteiger partial charge in [-0.15, -0.1) is 5.10 Å². The van der Waals surface area contributed by atoms with Crippen molar-refractivity contribution in [2.45, 2.75) is 50.9 Å². The van der Waals surface area contributed by atoms with Crippen LogP contribution in [0.15, 0.2) is 43.2 Å². The second-order valence-electron chi connectivity index (χ2n) is 10.1. The number of rotatable bonds is 7. The van der Waals surface area contributed by atoms with Gasteiger partial charge in [0.25, 0.3) is 5.91 Å². The Kier molecular flexibility index (Phi) is 5.74. The lowest BCUT2D eigenvalue weighted by atomic mass is 10.1. The highest BCUT2D eigenvalue weighted by molar-refractivity contribution is 6.31. The number of aliphatic hydroxyl groups is 1. The predicted octanol–water partition coefficient (Wildman–Crippen LogP) is 3.14. The fourth-order valence-electron chi connectivity index (χ4n) is 5.22. The molecule has 5 aromatic heterocycles. The van der Waals surface area contributed by atoms with Crippen LogP contribution in [0.1, 0.15) is 59.0 Å². The van der Waals surface area contributed by atoms with Crippen molar-refractivity contribution < 1.29 is 14.3 Å². The van der Waals surface area contributed by atoms with E-state index in [-0.39, 0.29) is 22.8 Å². The highest BCUT2D eigenvalue weighted by Gasteiger charge is 2.29. The van der Waals surface area contributed by atoms with E-state index in [1.54, 1.807) is 17.1 Å². The molecule has 0 spiro atoms. The lowest BCUT2D eigenvalue weighted by Crippen LogP contribution is -2.29. The van der Waals surface area contributed by atoms with Crippen LogP contribution < -0.4 is 10.2 Å². The van der Waals surface area contributed by atoms with Crippen LogP contribution in [0.2, 0.25) is 5.02 Å². The molecule has 7 rings (SSSR count). The Morgan fingerprint density at radius 1 is 1.21 bits per heavy atom. The minimum atomic E-state index is -0.592. The molecule has 13 heteroatoms. The Labute approximate surface area is 226 Å². The molecule has 11 nitrogen and oxygen atoms in total. The van der Waals surface area contributed by atoms with Crippen molar-refractivity contribution in [2.24, 2.45) is 0 Å². The Morgan fingerprint density at radius 3 is 2.87 bits per heavy atom. The summed E-state index contributed by atoms with van der Waals surface area (Å²) in [5.74, 6) is -0.492. The van der Waals surface area contributed by atoms with Gasteiger partial charge in [0.1, 0.15) is 11.7 Å². The Bertz CT molecular complexity index is 1720. The van der Waals surface area contributed by atoms with Gasteiger partial charge in [0.05, 0.1) is 47.7 Å². The van der Waals surface area contributed by atoms with Crippen molar-refractivity contribution in [3.05, 3.63) is 76.7 Å². The smallest absolute Gasteiger partial charge is 0.273 e. The van der Waals surface area contributed by atoms with E-state index in [4.69, 9.17) is 16.6 Å². The van der Waals surface area contributed by atoms with Crippen molar-refractivity contribution in [3.8, 4) is 0 Å². The average Bonchev–Trinajstić information content (AvgIpc) is 3.26. The molecule has 1 amide bonds. The standard InChI is InChI=1S/C26H25ClFN9O2/c27-18-5-7-34-14-30-19(24(34)23(18)28)9-29-26(39)20-13-36(33-32-20)12-17-11-35-10-16(15-3-4-15)8-21(25(35)31-17)37-6-1-2-22(37)38/h5,7-8,10-11,13-15,22,38H,1-4,6,9,12H2,(H,29,39). The van der Waals surface area contributed by atoms with Gasteiger partial charge >= 0.3 is 0 Å². The van der Waals surface area contributed by atoms with Crippen LogP contribution in [-0.4, -0.2) is 57.5 Å². The number of halogens is 2. The maximum atomic E-state index is 14.5. The molecule has 1 unspecified atom stereocenters. The lowest BCUT2D eigenvalue weighted by Gasteiger charge is -2.23. The normalized spacial score (nSPS) is 17.5. The first-order valence-corrected chi connectivity index (χ1v) is 13.3. The zero-order valence-electron chi connectivity index (χ0n) is 20.8. The number of hydrogen-bond donors (Lipinski definition) is 2. The Hall–Kier alpha value is -4.03. The number of nitrogens with zero attached hydrogens (tertiary/aromatic N) is 8. The maximum absolute atomic E-state index is 14.5. The molecule has 0 bridgehead atoms. The number of pyridine rings is 2. The number of imidazole rings is 2. The molecule has 1 saturated carbocycles. The molecule has 39 heavy (non-hydrogen) atoms. The number of fused-ring (bicyclic) bond motifs is 2. The maximum Gasteiger partial charge on any atom is 0.273 e. The molecule has 2 aliphatic rings. The summed E-state index contributed by atoms with van der Waals surface area (Å²) in [5, 5.41) is 21.3. The molecule has 5 aromatic rings. The van der Waals surface area contributed by atoms with E-state index in [1.807, 2.05) is 15.5 Å². The molecule has 0 radical (unpaired) electrons. The fraction of sp³-hybridized carbons (Fsp3) is 0.346. The van der Waals surface area contributed by atoms with Crippen LogP contribution in [0.4, 0.5) is 10.1 Å². The third kappa shape index (κ3) is 4.39. The molecule has 1 aliphatic heterocycles. The quantitative estimate of drug-likeness (QED) is 0.320. The van der Waals surface area contributed by atoms with Gasteiger partial charge in [-0.3, -0.25) is 4.79 Å². The van der Waals surface area contributed by atoms with Crippen LogP contribution in [0, 0.1) is 5.82 Å². The molecule has 2 N–H and O–H groups in total. The highest BCUT2D eigenvalue weighted by Crippen LogP contribution is 2.42. The number of nitrogens with one attached hydrogen (secondary N) is 1. The van der Waals surface area contributed by atoms with Gasteiger partial charge in [-0.05, 0) is 49.3 Å². The zero-order chi connectivity index (χ0) is 26.7. The number of hydrogen-bond acceptors (Lipinski definition) is 7. The molecular formula is C26H25ClFN9O2. The number of carbonyl (C=O) groups is 1. The van der Waals surface area contributed by atoms with E-state index in [1.165, 1.54) is 35.2 Å². The molecule has 1 atom stereocenters. The highest BCUT2D eigenvalue weighted by atomic mass is 35.5. The molecule has 6 heterocycles. The first kappa shape index (κ1) is 24.0. The van der Waals surface area contributed by atoms with Crippen molar-refractivity contribution in [1.82, 2.24) is 39.1 Å². The topological polar surface area (TPSA) is 118 Å². The van der Waals surface area contributed by atoms with Crippen molar-refractivity contribution in [2.75, 3.05) is 11.4 Å². The summed E-state index contributed by atoms with van der Waals surface area (Å²) >= 11 is 5.90. The summed E-state index contributed by atoms with van der Waals surface area (Å²) < 4.78 is 19.6. The Morgan fingerprint density at radius 2 is 2.08 bits per heavy atom. The van der Waals surface area contributed by atoms with Gasteiger partial charge in [0.15, 0.2) is 17.2 Å². The van der Waals surface area contributed by atoms with E-state index in [0.29, 0.717) is 18.2 Å². The Balaban J connectivity index is 1.09. The summed E-state index contributed by atoms with van der Waals surface area (Å²) in [6.07, 6.45) is 12.2. The van der Waals surface area contributed by atoms with Gasteiger partial charge in [-0.25, -0.2) is 19.0 Å². The molecule has 1 aliphatic carbocycles. The number of carbonyl (C=O) groups excluding carboxylic acids is 1. The van der Waals surface area contributed by atoms with Crippen LogP contribution >= 0.6 is 11.6 Å². The fourth-order valence-corrected chi connectivity index (χ4v) is 5.37. The predicted molar refractivity (Wildman–Crippen MR) is 140 cm³/mol. The summed E-state index contributed by atoms with van der Waals surface area (Å²) in [6, 6.07) is 3.61. The molecule has 1 saturated heterocycles. The van der Waals surface area contributed by atoms with E-state index in [0.717, 1.165) is 36.4 Å². The monoisotopic (exact) mass is 549 g/mol. The van der Waals surface area contributed by atoms with Crippen molar-refractivity contribution >= 4 is 34.4 Å². The van der Waals surface area contributed by atoms with E-state index < -0.39 is 18.0 Å². The number of aromatic nitrogens is 7. The van der Waals surface area contributed by atoms with Crippen LogP contribution in [0.3, 0.4) is 0 Å².